The molecule has 1 aliphatic heterocycles. The monoisotopic (exact) mass is 426 g/mol. The van der Waals surface area contributed by atoms with Gasteiger partial charge in [0, 0.05) is 33.2 Å². The van der Waals surface area contributed by atoms with Crippen LogP contribution in [0.5, 0.6) is 0 Å². The molecule has 1 heterocycles. The molecule has 1 aliphatic carbocycles. The first kappa shape index (κ1) is 23.3. The third kappa shape index (κ3) is 5.75. The average Bonchev–Trinajstić information content (AvgIpc) is 2.58. The van der Waals surface area contributed by atoms with Crippen LogP contribution >= 0.6 is 0 Å². The molecule has 28 heavy (non-hydrogen) atoms. The molecule has 2 rings (SSSR count). The highest BCUT2D eigenvalue weighted by Gasteiger charge is 2.50. The van der Waals surface area contributed by atoms with Crippen molar-refractivity contribution in [2.75, 3.05) is 33.2 Å². The number of sulfonamides is 1. The van der Waals surface area contributed by atoms with Gasteiger partial charge in [0.05, 0.1) is 0 Å². The van der Waals surface area contributed by atoms with Gasteiger partial charge in [0.2, 0.25) is 0 Å². The number of rotatable bonds is 7. The Labute approximate surface area is 166 Å². The van der Waals surface area contributed by atoms with Gasteiger partial charge in [0.25, 0.3) is 0 Å². The Kier molecular flexibility index (Phi) is 7.63. The molecule has 10 heteroatoms. The molecule has 6 nitrogen and oxygen atoms in total. The predicted octanol–water partition coefficient (Wildman–Crippen LogP) is 2.93. The van der Waals surface area contributed by atoms with Crippen molar-refractivity contribution in [3.05, 3.63) is 0 Å². The first-order chi connectivity index (χ1) is 13.0. The first-order valence-corrected chi connectivity index (χ1v) is 11.4. The Hall–Kier alpha value is -1.03. The van der Waals surface area contributed by atoms with E-state index in [9.17, 15) is 21.6 Å². The van der Waals surface area contributed by atoms with Gasteiger partial charge < -0.3 is 10.6 Å². The van der Waals surface area contributed by atoms with Crippen molar-refractivity contribution in [1.29, 1.82) is 0 Å². The van der Waals surface area contributed by atoms with Crippen molar-refractivity contribution in [2.24, 2.45) is 22.2 Å². The minimum absolute atomic E-state index is 0.0995. The summed E-state index contributed by atoms with van der Waals surface area (Å²) in [4.78, 5) is 4.24. The standard InChI is InChI=1S/C18H33F3N4O2S/c1-14(2)11-17(7-4-8-17)13-24-16(22-3)23-12-15-5-9-25(10-6-15)28(26,27)18(19,20)21/h14-15H,4-13H2,1-3H3,(H2,22,23,24). The molecule has 0 amide bonds. The Morgan fingerprint density at radius 1 is 1.21 bits per heavy atom. The second kappa shape index (κ2) is 9.19. The van der Waals surface area contributed by atoms with Crippen molar-refractivity contribution in [1.82, 2.24) is 14.9 Å². The van der Waals surface area contributed by atoms with E-state index < -0.39 is 15.5 Å². The molecule has 0 spiro atoms. The van der Waals surface area contributed by atoms with E-state index in [1.165, 1.54) is 25.7 Å². The third-order valence-electron chi connectivity index (χ3n) is 5.87. The van der Waals surface area contributed by atoms with E-state index in [0.717, 1.165) is 6.54 Å². The van der Waals surface area contributed by atoms with Gasteiger partial charge >= 0.3 is 15.5 Å². The molecule has 164 valence electrons. The van der Waals surface area contributed by atoms with E-state index in [1.807, 2.05) is 0 Å². The van der Waals surface area contributed by atoms with Crippen molar-refractivity contribution < 1.29 is 21.6 Å². The second-order valence-electron chi connectivity index (χ2n) is 8.55. The molecule has 0 aromatic carbocycles. The van der Waals surface area contributed by atoms with E-state index in [2.05, 4.69) is 29.5 Å². The highest BCUT2D eigenvalue weighted by molar-refractivity contribution is 7.90. The molecule has 2 aliphatic rings. The summed E-state index contributed by atoms with van der Waals surface area (Å²) < 4.78 is 61.4. The van der Waals surface area contributed by atoms with Crippen LogP contribution in [0.15, 0.2) is 4.99 Å². The quantitative estimate of drug-likeness (QED) is 0.485. The maximum absolute atomic E-state index is 12.6. The lowest BCUT2D eigenvalue weighted by atomic mass is 9.64. The zero-order valence-corrected chi connectivity index (χ0v) is 17.8. The van der Waals surface area contributed by atoms with Crippen molar-refractivity contribution in [3.8, 4) is 0 Å². The van der Waals surface area contributed by atoms with E-state index in [-0.39, 0.29) is 19.0 Å². The Balaban J connectivity index is 1.76. The summed E-state index contributed by atoms with van der Waals surface area (Å²) in [6.07, 6.45) is 5.69. The molecule has 0 aromatic heterocycles. The minimum atomic E-state index is -5.22. The zero-order valence-electron chi connectivity index (χ0n) is 17.0. The molecule has 1 saturated carbocycles. The second-order valence-corrected chi connectivity index (χ2v) is 10.5. The number of hydrogen-bond donors (Lipinski definition) is 2. The maximum atomic E-state index is 12.6. The van der Waals surface area contributed by atoms with Gasteiger partial charge in [-0.15, -0.1) is 0 Å². The fourth-order valence-electron chi connectivity index (χ4n) is 4.23. The first-order valence-electron chi connectivity index (χ1n) is 10.00. The Morgan fingerprint density at radius 2 is 1.82 bits per heavy atom. The molecule has 1 saturated heterocycles. The van der Waals surface area contributed by atoms with Gasteiger partial charge in [-0.3, -0.25) is 4.99 Å². The summed E-state index contributed by atoms with van der Waals surface area (Å²) in [7, 11) is -3.52. The lowest BCUT2D eigenvalue weighted by molar-refractivity contribution is -0.0496. The molecule has 0 unspecified atom stereocenters. The van der Waals surface area contributed by atoms with Crippen LogP contribution in [0.2, 0.25) is 0 Å². The maximum Gasteiger partial charge on any atom is 0.511 e. The fourth-order valence-corrected chi connectivity index (χ4v) is 5.21. The van der Waals surface area contributed by atoms with Crippen molar-refractivity contribution in [3.63, 3.8) is 0 Å². The molecule has 0 radical (unpaired) electrons. The van der Waals surface area contributed by atoms with E-state index in [4.69, 9.17) is 0 Å². The number of halogens is 3. The van der Waals surface area contributed by atoms with Crippen LogP contribution in [0.3, 0.4) is 0 Å². The highest BCUT2D eigenvalue weighted by Crippen LogP contribution is 2.45. The number of piperidine rings is 1. The molecule has 0 bridgehead atoms. The van der Waals surface area contributed by atoms with E-state index in [1.54, 1.807) is 7.05 Å². The molecule has 0 aromatic rings. The van der Waals surface area contributed by atoms with Crippen LogP contribution in [0.25, 0.3) is 0 Å². The van der Waals surface area contributed by atoms with Gasteiger partial charge in [-0.05, 0) is 49.4 Å². The van der Waals surface area contributed by atoms with Crippen LogP contribution in [-0.2, 0) is 10.0 Å². The lowest BCUT2D eigenvalue weighted by Gasteiger charge is -2.43. The average molecular weight is 427 g/mol. The largest absolute Gasteiger partial charge is 0.511 e. The lowest BCUT2D eigenvalue weighted by Crippen LogP contribution is -2.49. The highest BCUT2D eigenvalue weighted by atomic mass is 32.2. The number of nitrogens with zero attached hydrogens (tertiary/aromatic N) is 2. The summed E-state index contributed by atoms with van der Waals surface area (Å²) in [5, 5.41) is 6.64. The fraction of sp³-hybridized carbons (Fsp3) is 0.944. The minimum Gasteiger partial charge on any atom is -0.356 e. The van der Waals surface area contributed by atoms with E-state index >= 15 is 0 Å². The van der Waals surface area contributed by atoms with Crippen LogP contribution in [0.4, 0.5) is 13.2 Å². The van der Waals surface area contributed by atoms with Gasteiger partial charge in [-0.1, -0.05) is 20.3 Å². The zero-order chi connectivity index (χ0) is 21.0. The van der Waals surface area contributed by atoms with Crippen LogP contribution < -0.4 is 10.6 Å². The number of alkyl halides is 3. The summed E-state index contributed by atoms with van der Waals surface area (Å²) >= 11 is 0. The smallest absolute Gasteiger partial charge is 0.356 e. The summed E-state index contributed by atoms with van der Waals surface area (Å²) in [5.41, 5.74) is -4.89. The Morgan fingerprint density at radius 3 is 2.25 bits per heavy atom. The molecular weight excluding hydrogens is 393 g/mol. The van der Waals surface area contributed by atoms with Crippen molar-refractivity contribution >= 4 is 16.0 Å². The van der Waals surface area contributed by atoms with Crippen LogP contribution in [-0.4, -0.2) is 57.4 Å². The number of nitrogens with one attached hydrogen (secondary N) is 2. The number of guanidine groups is 1. The molecule has 2 fully saturated rings. The van der Waals surface area contributed by atoms with Gasteiger partial charge in [-0.2, -0.15) is 17.5 Å². The van der Waals surface area contributed by atoms with Crippen molar-refractivity contribution in [2.45, 2.75) is 57.9 Å². The molecule has 2 N–H and O–H groups in total. The third-order valence-corrected chi connectivity index (χ3v) is 7.50. The number of hydrogen-bond acceptors (Lipinski definition) is 3. The normalized spacial score (nSPS) is 22.2. The SMILES string of the molecule is CN=C(NCC1CCN(S(=O)(=O)C(F)(F)F)CC1)NCC1(CC(C)C)CCC1. The molecular formula is C18H33F3N4O2S. The predicted molar refractivity (Wildman–Crippen MR) is 104 cm³/mol. The van der Waals surface area contributed by atoms with E-state index in [0.29, 0.717) is 41.0 Å². The Bertz CT molecular complexity index is 638. The van der Waals surface area contributed by atoms with Gasteiger partial charge in [0.1, 0.15) is 0 Å². The summed E-state index contributed by atoms with van der Waals surface area (Å²) in [6.45, 7) is 5.70. The summed E-state index contributed by atoms with van der Waals surface area (Å²) in [5.74, 6) is 1.46. The van der Waals surface area contributed by atoms with Crippen LogP contribution in [0, 0.1) is 17.3 Å². The summed E-state index contributed by atoms with van der Waals surface area (Å²) in [6, 6.07) is 0. The number of aliphatic imine (C=N–C) groups is 1. The topological polar surface area (TPSA) is 73.8 Å². The van der Waals surface area contributed by atoms with Crippen LogP contribution in [0.1, 0.15) is 52.4 Å². The van der Waals surface area contributed by atoms with Gasteiger partial charge in [-0.25, -0.2) is 8.42 Å². The molecule has 0 atom stereocenters. The van der Waals surface area contributed by atoms with Gasteiger partial charge in [0.15, 0.2) is 5.96 Å².